The van der Waals surface area contributed by atoms with Crippen LogP contribution in [-0.2, 0) is 53.6 Å². The molecule has 1 aliphatic heterocycles. The molecule has 0 amide bonds. The van der Waals surface area contributed by atoms with Crippen LogP contribution in [0.4, 0.5) is 22.7 Å². The molecule has 3 heterocycles. The number of fused-ring (bicyclic) bond motifs is 5. The minimum absolute atomic E-state index is 0. The molecule has 1 aliphatic carbocycles. The van der Waals surface area contributed by atoms with Crippen LogP contribution in [0, 0.1) is 18.8 Å². The van der Waals surface area contributed by atoms with Crippen molar-refractivity contribution in [3.05, 3.63) is 222 Å². The van der Waals surface area contributed by atoms with Crippen LogP contribution in [-0.4, -0.2) is 9.55 Å². The third-order valence-electron chi connectivity index (χ3n) is 16.8. The predicted octanol–water partition coefficient (Wildman–Crippen LogP) is 21.5. The first kappa shape index (κ1) is 46.1. The first-order valence-electron chi connectivity index (χ1n) is 34.5. The second kappa shape index (κ2) is 21.1. The number of pyridine rings is 1. The minimum atomic E-state index is -0.802. The SMILES string of the molecule is [2H]c1c([2H])c(-c2c([2H])c([2H])c(C(C)(C)C)c([2H])c2C(C)(C)C)c([2H])c([2H])c1-c1cc(C(C)(C)C)cc(-c2ccc3c(c2)C(C)(C)CCC3(C)C)c1N1[CH-]N(c2[c-]c(Oc3[c-]c4c(cc3)c3c([2H])c([2H])c([2H])c([2H])c3n4-c3cc(C(C)(C)C)ccn3)ccc2)c2ccccc21.[Pt]. The van der Waals surface area contributed by atoms with Gasteiger partial charge in [-0.05, 0) is 149 Å². The first-order chi connectivity index (χ1) is 43.7. The van der Waals surface area contributed by atoms with Gasteiger partial charge in [0.2, 0.25) is 0 Å². The Morgan fingerprint density at radius 2 is 1.15 bits per heavy atom. The number of ether oxygens (including phenoxy) is 1. The molecule has 6 heteroatoms. The summed E-state index contributed by atoms with van der Waals surface area (Å²) >= 11 is 0. The zero-order valence-electron chi connectivity index (χ0n) is 62.3. The molecule has 0 unspecified atom stereocenters. The third-order valence-corrected chi connectivity index (χ3v) is 16.8. The molecule has 0 fully saturated rings. The summed E-state index contributed by atoms with van der Waals surface area (Å²) in [7, 11) is 0. The molecule has 0 N–H and O–H groups in total. The number of hydrogen-bond donors (Lipinski definition) is 0. The Morgan fingerprint density at radius 3 is 1.82 bits per heavy atom. The number of nitrogens with zero attached hydrogens (tertiary/aromatic N) is 4. The summed E-state index contributed by atoms with van der Waals surface area (Å²) in [5.41, 5.74) is 8.26. The molecule has 12 rings (SSSR count). The summed E-state index contributed by atoms with van der Waals surface area (Å²) in [6.07, 6.45) is 3.71. The zero-order valence-corrected chi connectivity index (χ0v) is 53.6. The molecule has 2 aliphatic rings. The average molecular weight is 1300 g/mol. The van der Waals surface area contributed by atoms with Crippen molar-refractivity contribution in [2.75, 3.05) is 9.80 Å². The van der Waals surface area contributed by atoms with Crippen molar-refractivity contribution >= 4 is 44.6 Å². The van der Waals surface area contributed by atoms with Gasteiger partial charge in [-0.25, -0.2) is 4.98 Å². The summed E-state index contributed by atoms with van der Waals surface area (Å²) in [5, 5.41) is 0.890. The van der Waals surface area contributed by atoms with Crippen LogP contribution in [0.25, 0.3) is 61.0 Å². The summed E-state index contributed by atoms with van der Waals surface area (Å²) in [4.78, 5) is 8.83. The number of benzene rings is 8. The molecule has 0 saturated carbocycles. The zero-order chi connectivity index (χ0) is 68.3. The second-order valence-corrected chi connectivity index (χ2v) is 28.1. The van der Waals surface area contributed by atoms with E-state index in [-0.39, 0.29) is 126 Å². The number of anilines is 4. The molecule has 2 aromatic heterocycles. The van der Waals surface area contributed by atoms with Gasteiger partial charge in [0.1, 0.15) is 5.82 Å². The topological polar surface area (TPSA) is 33.5 Å². The van der Waals surface area contributed by atoms with Crippen LogP contribution in [0.5, 0.6) is 11.5 Å². The molecule has 0 radical (unpaired) electrons. The summed E-state index contributed by atoms with van der Waals surface area (Å²) < 4.78 is 114. The van der Waals surface area contributed by atoms with E-state index < -0.39 is 16.2 Å². The van der Waals surface area contributed by atoms with E-state index in [0.29, 0.717) is 61.7 Å². The summed E-state index contributed by atoms with van der Waals surface area (Å²) in [6, 6.07) is 36.0. The van der Waals surface area contributed by atoms with Crippen molar-refractivity contribution in [3.8, 4) is 50.7 Å². The fourth-order valence-electron chi connectivity index (χ4n) is 11.8. The van der Waals surface area contributed by atoms with Crippen LogP contribution < -0.4 is 14.5 Å². The Morgan fingerprint density at radius 1 is 0.536 bits per heavy atom. The Labute approximate surface area is 530 Å². The number of aromatic nitrogens is 2. The Hall–Kier alpha value is -7.20. The molecule has 0 saturated heterocycles. The van der Waals surface area contributed by atoms with Crippen molar-refractivity contribution in [1.29, 1.82) is 0 Å². The van der Waals surface area contributed by atoms with E-state index >= 15 is 0 Å². The van der Waals surface area contributed by atoms with Gasteiger partial charge in [-0.3, -0.25) is 0 Å². The molecule has 0 spiro atoms. The van der Waals surface area contributed by atoms with E-state index in [1.54, 1.807) is 29.0 Å². The summed E-state index contributed by atoms with van der Waals surface area (Å²) in [5.74, 6) is 1.10. The maximum absolute atomic E-state index is 10.3. The summed E-state index contributed by atoms with van der Waals surface area (Å²) in [6.45, 7) is 35.3. The van der Waals surface area contributed by atoms with Gasteiger partial charge in [-0.15, -0.1) is 48.1 Å². The van der Waals surface area contributed by atoms with E-state index in [4.69, 9.17) is 13.8 Å². The average Bonchev–Trinajstić information content (AvgIpc) is 1.72. The van der Waals surface area contributed by atoms with E-state index in [1.807, 2.05) is 108 Å². The predicted molar refractivity (Wildman–Crippen MR) is 351 cm³/mol. The monoisotopic (exact) mass is 1300 g/mol. The molecule has 432 valence electrons. The van der Waals surface area contributed by atoms with E-state index in [1.165, 1.54) is 11.1 Å². The second-order valence-electron chi connectivity index (χ2n) is 28.1. The molecular formula is C78H81N4OPt-3. The fraction of sp³-hybridized carbons (Fsp3) is 0.308. The van der Waals surface area contributed by atoms with Crippen LogP contribution in [0.3, 0.4) is 0 Å². The molecule has 84 heavy (non-hydrogen) atoms. The van der Waals surface area contributed by atoms with Gasteiger partial charge in [0.05, 0.1) is 15.1 Å². The molecule has 10 aromatic rings. The Kier molecular flexibility index (Phi) is 11.6. The normalized spacial score (nSPS) is 16.9. The number of hydrogen-bond acceptors (Lipinski definition) is 4. The van der Waals surface area contributed by atoms with Crippen molar-refractivity contribution in [1.82, 2.24) is 9.55 Å². The van der Waals surface area contributed by atoms with Crippen LogP contribution in [0.15, 0.2) is 170 Å². The van der Waals surface area contributed by atoms with Crippen molar-refractivity contribution in [3.63, 3.8) is 0 Å². The fourth-order valence-corrected chi connectivity index (χ4v) is 11.8. The van der Waals surface area contributed by atoms with Gasteiger partial charge in [-0.1, -0.05) is 207 Å². The first-order valence-corrected chi connectivity index (χ1v) is 29.0. The minimum Gasteiger partial charge on any atom is -0.509 e. The van der Waals surface area contributed by atoms with Gasteiger partial charge in [0.25, 0.3) is 0 Å². The standard InChI is InChI=1S/C78H81N4O.Pt/c1-73(2,3)53-33-35-59(65(45-53)76(10,11)12)50-28-30-51(31-29-50)62-43-55(75(7,8)9)44-63(52-32-37-64-66(42-52)78(15,16)40-39-77(64,13)14)72(62)81-49-80(68-26-19-20-27-69(68)81)56-22-21-23-57(47-56)83-58-34-36-61-60-24-17-18-25-67(60)82(70(61)48-58)71-46-54(38-41-79-71)74(4,5)6;/h17-38,41-46,49H,39-40H2,1-16H3;/q-3;/i17D,18D,24D,25D,28D,29D,30D,31D,33D,35D,45D;. The Balaban J connectivity index is 0.00000919. The van der Waals surface area contributed by atoms with Gasteiger partial charge in [0, 0.05) is 72.5 Å². The largest absolute Gasteiger partial charge is 0.509 e. The van der Waals surface area contributed by atoms with E-state index in [2.05, 4.69) is 111 Å². The van der Waals surface area contributed by atoms with Crippen molar-refractivity contribution in [2.45, 2.75) is 156 Å². The van der Waals surface area contributed by atoms with Crippen molar-refractivity contribution in [2.24, 2.45) is 0 Å². The molecule has 8 aromatic carbocycles. The Bertz CT molecular complexity index is 4800. The number of para-hydroxylation sites is 3. The van der Waals surface area contributed by atoms with E-state index in [0.717, 1.165) is 46.5 Å². The van der Waals surface area contributed by atoms with Crippen molar-refractivity contribution < 1.29 is 40.9 Å². The van der Waals surface area contributed by atoms with Gasteiger partial charge in [0.15, 0.2) is 0 Å². The molecule has 0 atom stereocenters. The van der Waals surface area contributed by atoms with Gasteiger partial charge in [-0.2, -0.15) is 12.1 Å². The van der Waals surface area contributed by atoms with Crippen LogP contribution in [0.1, 0.15) is 172 Å². The molecule has 5 nitrogen and oxygen atoms in total. The van der Waals surface area contributed by atoms with Crippen LogP contribution >= 0.6 is 0 Å². The maximum Gasteiger partial charge on any atom is 0.135 e. The quantitative estimate of drug-likeness (QED) is 0.142. The van der Waals surface area contributed by atoms with Gasteiger partial charge >= 0.3 is 0 Å². The third kappa shape index (κ3) is 10.7. The van der Waals surface area contributed by atoms with E-state index in [9.17, 15) is 11.0 Å². The molecular weight excluding hydrogens is 1200 g/mol. The smallest absolute Gasteiger partial charge is 0.135 e. The number of rotatable bonds is 8. The van der Waals surface area contributed by atoms with Crippen LogP contribution in [0.2, 0.25) is 0 Å². The maximum atomic E-state index is 10.3. The molecule has 0 bridgehead atoms. The van der Waals surface area contributed by atoms with Gasteiger partial charge < -0.3 is 19.1 Å².